The lowest BCUT2D eigenvalue weighted by Crippen LogP contribution is -1.85. The number of aryl methyl sites for hydroxylation is 1. The molecule has 2 aromatic heterocycles. The summed E-state index contributed by atoms with van der Waals surface area (Å²) in [5, 5.41) is 2.80. The Bertz CT molecular complexity index is 1280. The monoisotopic (exact) mass is 512 g/mol. The highest BCUT2D eigenvalue weighted by atomic mass is 127. The average Bonchev–Trinajstić information content (AvgIpc) is 3.23. The van der Waals surface area contributed by atoms with E-state index in [0.29, 0.717) is 0 Å². The summed E-state index contributed by atoms with van der Waals surface area (Å²) in [4.78, 5) is 0. The van der Waals surface area contributed by atoms with Crippen molar-refractivity contribution in [1.29, 1.82) is 0 Å². The van der Waals surface area contributed by atoms with Gasteiger partial charge in [-0.1, -0.05) is 62.2 Å². The molecule has 3 heteroatoms. The van der Waals surface area contributed by atoms with E-state index in [9.17, 15) is 0 Å². The zero-order chi connectivity index (χ0) is 19.1. The smallest absolute Gasteiger partial charge is 0.0542 e. The number of halogens is 1. The maximum atomic E-state index is 2.40. The number of thiophene rings is 2. The molecule has 0 atom stereocenters. The Kier molecular flexibility index (Phi) is 5.16. The van der Waals surface area contributed by atoms with Gasteiger partial charge >= 0.3 is 0 Å². The molecule has 0 amide bonds. The topological polar surface area (TPSA) is 0 Å². The van der Waals surface area contributed by atoms with Gasteiger partial charge in [0.2, 0.25) is 0 Å². The molecule has 0 aliphatic carbocycles. The third-order valence-corrected chi connectivity index (χ3v) is 8.57. The molecule has 0 aliphatic heterocycles. The fraction of sp³-hybridized carbons (Fsp3) is 0.200. The van der Waals surface area contributed by atoms with Crippen molar-refractivity contribution in [2.24, 2.45) is 0 Å². The van der Waals surface area contributed by atoms with Crippen LogP contribution in [0, 0.1) is 3.57 Å². The Balaban J connectivity index is 1.51. The first-order valence-electron chi connectivity index (χ1n) is 9.86. The minimum atomic E-state index is 1.19. The summed E-state index contributed by atoms with van der Waals surface area (Å²) in [5.74, 6) is 0. The molecule has 0 saturated carbocycles. The summed E-state index contributed by atoms with van der Waals surface area (Å²) in [6.45, 7) is 2.26. The van der Waals surface area contributed by atoms with Crippen LogP contribution in [0.5, 0.6) is 0 Å². The predicted octanol–water partition coefficient (Wildman–Crippen LogP) is 9.27. The fourth-order valence-corrected chi connectivity index (χ4v) is 7.29. The molecule has 3 aromatic carbocycles. The van der Waals surface area contributed by atoms with Gasteiger partial charge in [-0.05, 0) is 70.3 Å². The van der Waals surface area contributed by atoms with Crippen molar-refractivity contribution in [2.45, 2.75) is 32.6 Å². The van der Waals surface area contributed by atoms with E-state index in [-0.39, 0.29) is 0 Å². The van der Waals surface area contributed by atoms with E-state index >= 15 is 0 Å². The van der Waals surface area contributed by atoms with Gasteiger partial charge in [-0.2, -0.15) is 0 Å². The van der Waals surface area contributed by atoms with Gasteiger partial charge in [-0.3, -0.25) is 0 Å². The lowest BCUT2D eigenvalue weighted by atomic mass is 10.0. The van der Waals surface area contributed by atoms with Gasteiger partial charge in [0, 0.05) is 23.7 Å². The molecule has 0 unspecified atom stereocenters. The number of rotatable bonds is 5. The molecule has 140 valence electrons. The summed E-state index contributed by atoms with van der Waals surface area (Å²) in [7, 11) is 0. The van der Waals surface area contributed by atoms with Crippen molar-refractivity contribution in [1.82, 2.24) is 0 Å². The summed E-state index contributed by atoms with van der Waals surface area (Å²) in [6, 6.07) is 23.0. The van der Waals surface area contributed by atoms with Gasteiger partial charge in [0.1, 0.15) is 0 Å². The summed E-state index contributed by atoms with van der Waals surface area (Å²) in [5.41, 5.74) is 4.09. The summed E-state index contributed by atoms with van der Waals surface area (Å²) < 4.78 is 6.98. The van der Waals surface area contributed by atoms with Crippen LogP contribution in [0.3, 0.4) is 0 Å². The molecule has 5 rings (SSSR count). The molecule has 0 bridgehead atoms. The highest BCUT2D eigenvalue weighted by molar-refractivity contribution is 14.1. The van der Waals surface area contributed by atoms with Crippen LogP contribution >= 0.6 is 45.3 Å². The quantitative estimate of drug-likeness (QED) is 0.163. The number of benzene rings is 3. The van der Waals surface area contributed by atoms with Crippen LogP contribution in [0.1, 0.15) is 31.7 Å². The van der Waals surface area contributed by atoms with Crippen molar-refractivity contribution in [3.63, 3.8) is 0 Å². The summed E-state index contributed by atoms with van der Waals surface area (Å²) in [6.07, 6.45) is 5.09. The van der Waals surface area contributed by atoms with Crippen LogP contribution in [-0.4, -0.2) is 0 Å². The van der Waals surface area contributed by atoms with Gasteiger partial charge in [-0.25, -0.2) is 0 Å². The molecule has 0 nitrogen and oxygen atoms in total. The zero-order valence-corrected chi connectivity index (χ0v) is 19.6. The predicted molar refractivity (Wildman–Crippen MR) is 136 cm³/mol. The molecule has 28 heavy (non-hydrogen) atoms. The van der Waals surface area contributed by atoms with Crippen LogP contribution in [-0.2, 0) is 6.42 Å². The standard InChI is InChI=1S/C25H21IS2/c1-2-3-4-5-16-6-8-17(9-7-16)18-10-12-20-22(14-18)27-25-21-13-11-19(26)15-23(21)28-24(20)25/h6-15H,2-5H2,1H3. The number of unbranched alkanes of at least 4 members (excludes halogenated alkanes) is 2. The van der Waals surface area contributed by atoms with Crippen molar-refractivity contribution < 1.29 is 0 Å². The molecule has 0 radical (unpaired) electrons. The van der Waals surface area contributed by atoms with Crippen molar-refractivity contribution >= 4 is 74.8 Å². The second-order valence-electron chi connectivity index (χ2n) is 7.37. The Morgan fingerprint density at radius 3 is 2.07 bits per heavy atom. The van der Waals surface area contributed by atoms with Gasteiger partial charge in [0.15, 0.2) is 0 Å². The van der Waals surface area contributed by atoms with Gasteiger partial charge in [-0.15, -0.1) is 22.7 Å². The average molecular weight is 512 g/mol. The van der Waals surface area contributed by atoms with Crippen LogP contribution < -0.4 is 0 Å². The van der Waals surface area contributed by atoms with E-state index in [1.807, 2.05) is 22.7 Å². The third-order valence-electron chi connectivity index (χ3n) is 5.40. The molecule has 5 aromatic rings. The number of hydrogen-bond donors (Lipinski definition) is 0. The van der Waals surface area contributed by atoms with Gasteiger partial charge in [0.25, 0.3) is 0 Å². The zero-order valence-electron chi connectivity index (χ0n) is 15.8. The minimum absolute atomic E-state index is 1.19. The maximum Gasteiger partial charge on any atom is 0.0542 e. The van der Waals surface area contributed by atoms with E-state index in [0.717, 1.165) is 0 Å². The van der Waals surface area contributed by atoms with E-state index < -0.39 is 0 Å². The normalized spacial score (nSPS) is 11.8. The Morgan fingerprint density at radius 1 is 0.714 bits per heavy atom. The lowest BCUT2D eigenvalue weighted by molar-refractivity contribution is 0.717. The Hall–Kier alpha value is -1.43. The lowest BCUT2D eigenvalue weighted by Gasteiger charge is -2.05. The van der Waals surface area contributed by atoms with Gasteiger partial charge in [0.05, 0.1) is 9.40 Å². The van der Waals surface area contributed by atoms with E-state index in [2.05, 4.69) is 90.2 Å². The number of hydrogen-bond acceptors (Lipinski definition) is 2. The second-order valence-corrected chi connectivity index (χ2v) is 10.7. The van der Waals surface area contributed by atoms with E-state index in [4.69, 9.17) is 0 Å². The highest BCUT2D eigenvalue weighted by Crippen LogP contribution is 2.45. The van der Waals surface area contributed by atoms with Crippen LogP contribution in [0.15, 0.2) is 60.7 Å². The molecule has 0 saturated heterocycles. The Labute approximate surface area is 187 Å². The largest absolute Gasteiger partial charge is 0.134 e. The second kappa shape index (κ2) is 7.77. The molecule has 2 heterocycles. The molecular formula is C25H21IS2. The van der Waals surface area contributed by atoms with Crippen molar-refractivity contribution in [3.8, 4) is 11.1 Å². The van der Waals surface area contributed by atoms with E-state index in [1.54, 1.807) is 0 Å². The molecule has 0 fully saturated rings. The van der Waals surface area contributed by atoms with Crippen LogP contribution in [0.4, 0.5) is 0 Å². The Morgan fingerprint density at radius 2 is 1.36 bits per heavy atom. The van der Waals surface area contributed by atoms with Crippen molar-refractivity contribution in [3.05, 3.63) is 69.8 Å². The maximum absolute atomic E-state index is 2.40. The first-order valence-corrected chi connectivity index (χ1v) is 12.6. The minimum Gasteiger partial charge on any atom is -0.134 e. The molecule has 0 N–H and O–H groups in total. The summed E-state index contributed by atoms with van der Waals surface area (Å²) >= 11 is 6.27. The fourth-order valence-electron chi connectivity index (χ4n) is 3.85. The first-order chi connectivity index (χ1) is 13.7. The van der Waals surface area contributed by atoms with Crippen LogP contribution in [0.2, 0.25) is 0 Å². The highest BCUT2D eigenvalue weighted by Gasteiger charge is 2.13. The SMILES string of the molecule is CCCCCc1ccc(-c2ccc3c(c2)sc2c4ccc(I)cc4sc32)cc1. The molecule has 0 spiro atoms. The third kappa shape index (κ3) is 3.38. The first kappa shape index (κ1) is 18.6. The van der Waals surface area contributed by atoms with E-state index in [1.165, 1.54) is 75.5 Å². The number of fused-ring (bicyclic) bond motifs is 5. The van der Waals surface area contributed by atoms with Gasteiger partial charge < -0.3 is 0 Å². The van der Waals surface area contributed by atoms with Crippen molar-refractivity contribution in [2.75, 3.05) is 0 Å². The van der Waals surface area contributed by atoms with Crippen LogP contribution in [0.25, 0.3) is 40.7 Å². The molecular weight excluding hydrogens is 491 g/mol. The molecule has 0 aliphatic rings.